The molecule has 156 valence electrons. The lowest BCUT2D eigenvalue weighted by molar-refractivity contribution is 0.102. The van der Waals surface area contributed by atoms with Gasteiger partial charge >= 0.3 is 0 Å². The highest BCUT2D eigenvalue weighted by Gasteiger charge is 2.28. The second kappa shape index (κ2) is 9.41. The summed E-state index contributed by atoms with van der Waals surface area (Å²) >= 11 is 0. The van der Waals surface area contributed by atoms with Crippen molar-refractivity contribution in [2.45, 2.75) is 43.9 Å². The molecule has 6 nitrogen and oxygen atoms in total. The number of nitrogens with one attached hydrogen (secondary N) is 1. The van der Waals surface area contributed by atoms with E-state index in [0.29, 0.717) is 24.5 Å². The minimum Gasteiger partial charge on any atom is -0.496 e. The third-order valence-electron chi connectivity index (χ3n) is 5.15. The molecule has 1 heterocycles. The summed E-state index contributed by atoms with van der Waals surface area (Å²) < 4.78 is 32.4. The Hall–Kier alpha value is -2.38. The van der Waals surface area contributed by atoms with Crippen molar-refractivity contribution in [2.75, 3.05) is 25.5 Å². The molecule has 0 bridgehead atoms. The van der Waals surface area contributed by atoms with Crippen LogP contribution in [0.4, 0.5) is 5.69 Å². The van der Waals surface area contributed by atoms with Crippen LogP contribution in [0.3, 0.4) is 0 Å². The third-order valence-corrected chi connectivity index (χ3v) is 7.04. The molecule has 2 aromatic rings. The summed E-state index contributed by atoms with van der Waals surface area (Å²) in [6.45, 7) is 3.18. The van der Waals surface area contributed by atoms with Crippen LogP contribution in [0.5, 0.6) is 5.75 Å². The first-order valence-corrected chi connectivity index (χ1v) is 11.5. The monoisotopic (exact) mass is 416 g/mol. The molecule has 0 aliphatic carbocycles. The van der Waals surface area contributed by atoms with Crippen molar-refractivity contribution in [3.05, 3.63) is 53.6 Å². The highest BCUT2D eigenvalue weighted by Crippen LogP contribution is 2.27. The Balaban J connectivity index is 1.82. The highest BCUT2D eigenvalue weighted by molar-refractivity contribution is 7.89. The fourth-order valence-electron chi connectivity index (χ4n) is 3.44. The number of sulfonamides is 1. The Kier molecular flexibility index (Phi) is 6.92. The van der Waals surface area contributed by atoms with E-state index in [1.807, 2.05) is 24.3 Å². The summed E-state index contributed by atoms with van der Waals surface area (Å²) in [5, 5.41) is 2.84. The minimum absolute atomic E-state index is 0.111. The zero-order chi connectivity index (χ0) is 20.9. The number of anilines is 1. The van der Waals surface area contributed by atoms with Crippen LogP contribution < -0.4 is 10.1 Å². The molecule has 3 rings (SSSR count). The van der Waals surface area contributed by atoms with Gasteiger partial charge in [0.2, 0.25) is 10.0 Å². The van der Waals surface area contributed by atoms with E-state index in [1.54, 1.807) is 0 Å². The molecule has 2 aromatic carbocycles. The van der Waals surface area contributed by atoms with E-state index in [1.165, 1.54) is 35.2 Å². The first-order valence-electron chi connectivity index (χ1n) is 10.0. The van der Waals surface area contributed by atoms with Gasteiger partial charge in [-0.25, -0.2) is 8.42 Å². The number of methoxy groups -OCH3 is 1. The van der Waals surface area contributed by atoms with Crippen molar-refractivity contribution in [2.24, 2.45) is 0 Å². The minimum atomic E-state index is -3.61. The number of hydrogen-bond donors (Lipinski definition) is 1. The van der Waals surface area contributed by atoms with E-state index >= 15 is 0 Å². The van der Waals surface area contributed by atoms with Crippen LogP contribution in [0.15, 0.2) is 47.4 Å². The van der Waals surface area contributed by atoms with Crippen LogP contribution in [0, 0.1) is 0 Å². The smallest absolute Gasteiger partial charge is 0.259 e. The van der Waals surface area contributed by atoms with E-state index in [4.69, 9.17) is 4.74 Å². The molecule has 0 unspecified atom stereocenters. The molecule has 0 saturated carbocycles. The summed E-state index contributed by atoms with van der Waals surface area (Å²) in [4.78, 5) is 13.0. The van der Waals surface area contributed by atoms with Crippen molar-refractivity contribution in [3.63, 3.8) is 0 Å². The maximum Gasteiger partial charge on any atom is 0.259 e. The van der Waals surface area contributed by atoms with Gasteiger partial charge in [-0.1, -0.05) is 25.5 Å². The largest absolute Gasteiger partial charge is 0.496 e. The molecule has 0 aromatic heterocycles. The average Bonchev–Trinajstić information content (AvgIpc) is 3.28. The fourth-order valence-corrected chi connectivity index (χ4v) is 4.98. The van der Waals surface area contributed by atoms with Gasteiger partial charge in [-0.15, -0.1) is 0 Å². The van der Waals surface area contributed by atoms with Gasteiger partial charge in [0, 0.05) is 18.8 Å². The Morgan fingerprint density at radius 3 is 2.41 bits per heavy atom. The quantitative estimate of drug-likeness (QED) is 0.704. The lowest BCUT2D eigenvalue weighted by Gasteiger charge is -2.17. The zero-order valence-corrected chi connectivity index (χ0v) is 17.8. The Morgan fingerprint density at radius 1 is 1.10 bits per heavy atom. The topological polar surface area (TPSA) is 75.7 Å². The molecule has 0 atom stereocenters. The standard InChI is InChI=1S/C22H28N2O4S/c1-3-4-7-17-8-10-18(11-9-17)23-22(25)20-16-19(12-13-21(20)28-2)29(26,27)24-14-5-6-15-24/h8-13,16H,3-7,14-15H2,1-2H3,(H,23,25). The van der Waals surface area contributed by atoms with Crippen molar-refractivity contribution < 1.29 is 17.9 Å². The molecule has 29 heavy (non-hydrogen) atoms. The van der Waals surface area contributed by atoms with Gasteiger partial charge in [0.15, 0.2) is 0 Å². The average molecular weight is 417 g/mol. The van der Waals surface area contributed by atoms with Gasteiger partial charge in [-0.05, 0) is 61.6 Å². The lowest BCUT2D eigenvalue weighted by Crippen LogP contribution is -2.28. The van der Waals surface area contributed by atoms with Crippen LogP contribution in [0.25, 0.3) is 0 Å². The number of carbonyl (C=O) groups excluding carboxylic acids is 1. The number of benzene rings is 2. The Bertz CT molecular complexity index is 949. The maximum absolute atomic E-state index is 12.9. The summed E-state index contributed by atoms with van der Waals surface area (Å²) in [6, 6.07) is 12.1. The fraction of sp³-hybridized carbons (Fsp3) is 0.409. The van der Waals surface area contributed by atoms with Crippen LogP contribution in [0.1, 0.15) is 48.5 Å². The van der Waals surface area contributed by atoms with Crippen molar-refractivity contribution in [3.8, 4) is 5.75 Å². The summed E-state index contributed by atoms with van der Waals surface area (Å²) in [6.07, 6.45) is 4.99. The van der Waals surface area contributed by atoms with Crippen LogP contribution in [-0.2, 0) is 16.4 Å². The molecular weight excluding hydrogens is 388 g/mol. The number of hydrogen-bond acceptors (Lipinski definition) is 4. The van der Waals surface area contributed by atoms with Gasteiger partial charge in [0.05, 0.1) is 17.6 Å². The molecule has 1 saturated heterocycles. The van der Waals surface area contributed by atoms with Crippen LogP contribution in [0.2, 0.25) is 0 Å². The predicted molar refractivity (Wildman–Crippen MR) is 114 cm³/mol. The second-order valence-corrected chi connectivity index (χ2v) is 9.17. The third kappa shape index (κ3) is 4.97. The van der Waals surface area contributed by atoms with Gasteiger partial charge in [-0.3, -0.25) is 4.79 Å². The Labute approximate surface area is 172 Å². The number of rotatable bonds is 8. The maximum atomic E-state index is 12.9. The zero-order valence-electron chi connectivity index (χ0n) is 17.0. The predicted octanol–water partition coefficient (Wildman–Crippen LogP) is 4.07. The number of aryl methyl sites for hydroxylation is 1. The van der Waals surface area contributed by atoms with Gasteiger partial charge in [-0.2, -0.15) is 4.31 Å². The number of nitrogens with zero attached hydrogens (tertiary/aromatic N) is 1. The number of carbonyl (C=O) groups is 1. The van der Waals surface area contributed by atoms with E-state index in [2.05, 4.69) is 12.2 Å². The lowest BCUT2D eigenvalue weighted by atomic mass is 10.1. The molecule has 0 radical (unpaired) electrons. The molecular formula is C22H28N2O4S. The van der Waals surface area contributed by atoms with Crippen molar-refractivity contribution in [1.82, 2.24) is 4.31 Å². The molecule has 1 aliphatic rings. The van der Waals surface area contributed by atoms with Crippen molar-refractivity contribution in [1.29, 1.82) is 0 Å². The number of amides is 1. The summed E-state index contributed by atoms with van der Waals surface area (Å²) in [5.74, 6) is -0.0657. The molecule has 0 spiro atoms. The second-order valence-electron chi connectivity index (χ2n) is 7.23. The SMILES string of the molecule is CCCCc1ccc(NC(=O)c2cc(S(=O)(=O)N3CCCC3)ccc2OC)cc1. The molecule has 1 amide bonds. The van der Waals surface area contributed by atoms with Gasteiger partial charge in [0.1, 0.15) is 5.75 Å². The Morgan fingerprint density at radius 2 is 1.79 bits per heavy atom. The van der Waals surface area contributed by atoms with E-state index in [-0.39, 0.29) is 10.5 Å². The van der Waals surface area contributed by atoms with Gasteiger partial charge in [0.25, 0.3) is 5.91 Å². The van der Waals surface area contributed by atoms with Crippen LogP contribution >= 0.6 is 0 Å². The van der Waals surface area contributed by atoms with Gasteiger partial charge < -0.3 is 10.1 Å². The highest BCUT2D eigenvalue weighted by atomic mass is 32.2. The summed E-state index contributed by atoms with van der Waals surface area (Å²) in [5.41, 5.74) is 2.08. The number of ether oxygens (including phenoxy) is 1. The first-order chi connectivity index (χ1) is 14.0. The first kappa shape index (κ1) is 21.3. The van der Waals surface area contributed by atoms with E-state index in [0.717, 1.165) is 32.1 Å². The molecule has 7 heteroatoms. The summed E-state index contributed by atoms with van der Waals surface area (Å²) in [7, 11) is -2.15. The molecule has 1 fully saturated rings. The normalized spacial score (nSPS) is 14.7. The molecule has 1 N–H and O–H groups in total. The molecule has 1 aliphatic heterocycles. The van der Waals surface area contributed by atoms with E-state index in [9.17, 15) is 13.2 Å². The van der Waals surface area contributed by atoms with Crippen molar-refractivity contribution >= 4 is 21.6 Å². The number of unbranched alkanes of at least 4 members (excludes halogenated alkanes) is 1. The van der Waals surface area contributed by atoms with Crippen LogP contribution in [-0.4, -0.2) is 38.8 Å². The van der Waals surface area contributed by atoms with E-state index < -0.39 is 15.9 Å².